The van der Waals surface area contributed by atoms with Crippen LogP contribution in [0.2, 0.25) is 0 Å². The number of nitrogens with zero attached hydrogens (tertiary/aromatic N) is 1. The molecule has 1 aromatic heterocycles. The summed E-state index contributed by atoms with van der Waals surface area (Å²) in [7, 11) is 0. The van der Waals surface area contributed by atoms with Crippen molar-refractivity contribution in [3.8, 4) is 0 Å². The maximum atomic E-state index is 12.4. The Morgan fingerprint density at radius 2 is 1.57 bits per heavy atom. The molecule has 108 valence electrons. The molecular weight excluding hydrogens is 266 g/mol. The standard InChI is InChI=1S/C16H17N3O2/c20-12-5-1-3-9-14(12)16(11-7-17-8-18-11)15-10(19-9)4-2-6-13(15)21/h7-8,16,19H,1-6H2,(H,17,18). The SMILES string of the molecule is O=C1CCCC2=C1C(c1cnc[nH]1)C1=C(CCCC1=O)N2. The monoisotopic (exact) mass is 283 g/mol. The normalized spacial score (nSPS) is 23.0. The summed E-state index contributed by atoms with van der Waals surface area (Å²) in [5.41, 5.74) is 4.43. The van der Waals surface area contributed by atoms with Crippen molar-refractivity contribution in [3.63, 3.8) is 0 Å². The van der Waals surface area contributed by atoms with E-state index in [1.165, 1.54) is 0 Å². The number of allylic oxidation sites excluding steroid dienone is 4. The molecule has 0 radical (unpaired) electrons. The maximum absolute atomic E-state index is 12.4. The van der Waals surface area contributed by atoms with Gasteiger partial charge >= 0.3 is 0 Å². The third kappa shape index (κ3) is 1.87. The van der Waals surface area contributed by atoms with E-state index < -0.39 is 0 Å². The van der Waals surface area contributed by atoms with Gasteiger partial charge in [0.25, 0.3) is 0 Å². The maximum Gasteiger partial charge on any atom is 0.161 e. The number of imidazole rings is 1. The van der Waals surface area contributed by atoms with Crippen molar-refractivity contribution in [3.05, 3.63) is 40.8 Å². The predicted molar refractivity (Wildman–Crippen MR) is 76.2 cm³/mol. The molecule has 4 rings (SSSR count). The van der Waals surface area contributed by atoms with Crippen LogP contribution in [0.1, 0.15) is 50.1 Å². The number of hydrogen-bond acceptors (Lipinski definition) is 4. The van der Waals surface area contributed by atoms with E-state index in [2.05, 4.69) is 15.3 Å². The van der Waals surface area contributed by atoms with Crippen molar-refractivity contribution in [2.75, 3.05) is 0 Å². The zero-order valence-corrected chi connectivity index (χ0v) is 11.7. The second kappa shape index (κ2) is 4.69. The number of dihydropyridines is 1. The molecule has 0 fully saturated rings. The summed E-state index contributed by atoms with van der Waals surface area (Å²) < 4.78 is 0. The molecular formula is C16H17N3O2. The van der Waals surface area contributed by atoms with Gasteiger partial charge in [-0.2, -0.15) is 0 Å². The number of aromatic amines is 1. The number of H-pyrrole nitrogens is 1. The van der Waals surface area contributed by atoms with Gasteiger partial charge in [-0.25, -0.2) is 4.98 Å². The first kappa shape index (κ1) is 12.6. The highest BCUT2D eigenvalue weighted by molar-refractivity contribution is 6.06. The Hall–Kier alpha value is -2.17. The van der Waals surface area contributed by atoms with E-state index in [4.69, 9.17) is 0 Å². The minimum atomic E-state index is -0.251. The molecule has 3 aliphatic rings. The minimum absolute atomic E-state index is 0.160. The topological polar surface area (TPSA) is 74.8 Å². The fourth-order valence-electron chi connectivity index (χ4n) is 3.72. The van der Waals surface area contributed by atoms with Crippen LogP contribution in [0.4, 0.5) is 0 Å². The van der Waals surface area contributed by atoms with Crippen molar-refractivity contribution in [1.82, 2.24) is 15.3 Å². The van der Waals surface area contributed by atoms with Crippen LogP contribution in [0.5, 0.6) is 0 Å². The molecule has 21 heavy (non-hydrogen) atoms. The van der Waals surface area contributed by atoms with E-state index in [1.807, 2.05) is 0 Å². The highest BCUT2D eigenvalue weighted by Gasteiger charge is 2.40. The third-order valence-corrected chi connectivity index (χ3v) is 4.62. The molecule has 0 aromatic carbocycles. The van der Waals surface area contributed by atoms with E-state index in [-0.39, 0.29) is 17.5 Å². The molecule has 0 unspecified atom stereocenters. The number of rotatable bonds is 1. The molecule has 0 atom stereocenters. The lowest BCUT2D eigenvalue weighted by Crippen LogP contribution is -2.36. The van der Waals surface area contributed by atoms with Gasteiger partial charge in [0, 0.05) is 47.3 Å². The first-order valence-corrected chi connectivity index (χ1v) is 7.53. The Kier molecular flexibility index (Phi) is 2.80. The molecule has 0 saturated heterocycles. The van der Waals surface area contributed by atoms with Gasteiger partial charge in [-0.05, 0) is 25.7 Å². The molecule has 0 saturated carbocycles. The van der Waals surface area contributed by atoms with Gasteiger partial charge < -0.3 is 10.3 Å². The van der Waals surface area contributed by atoms with E-state index >= 15 is 0 Å². The Morgan fingerprint density at radius 1 is 0.952 bits per heavy atom. The fraction of sp³-hybridized carbons (Fsp3) is 0.438. The van der Waals surface area contributed by atoms with Crippen LogP contribution in [0.15, 0.2) is 35.1 Å². The Balaban J connectivity index is 1.91. The van der Waals surface area contributed by atoms with Crippen molar-refractivity contribution in [1.29, 1.82) is 0 Å². The molecule has 5 heteroatoms. The molecule has 0 amide bonds. The second-order valence-corrected chi connectivity index (χ2v) is 5.90. The largest absolute Gasteiger partial charge is 0.362 e. The van der Waals surface area contributed by atoms with Gasteiger partial charge in [-0.3, -0.25) is 9.59 Å². The van der Waals surface area contributed by atoms with E-state index in [0.717, 1.165) is 53.9 Å². The number of ketones is 2. The summed E-state index contributed by atoms with van der Waals surface area (Å²) in [4.78, 5) is 32.1. The van der Waals surface area contributed by atoms with Crippen molar-refractivity contribution < 1.29 is 9.59 Å². The summed E-state index contributed by atoms with van der Waals surface area (Å²) in [5.74, 6) is 0.0703. The Morgan fingerprint density at radius 3 is 2.10 bits per heavy atom. The molecule has 1 aliphatic heterocycles. The summed E-state index contributed by atoms with van der Waals surface area (Å²) in [6, 6.07) is 0. The molecule has 2 heterocycles. The molecule has 0 bridgehead atoms. The minimum Gasteiger partial charge on any atom is -0.362 e. The number of Topliss-reactive ketones (excluding diaryl/α,β-unsaturated/α-hetero) is 2. The zero-order chi connectivity index (χ0) is 14.4. The summed E-state index contributed by atoms with van der Waals surface area (Å²) >= 11 is 0. The number of carbonyl (C=O) groups excluding carboxylic acids is 2. The molecule has 0 spiro atoms. The molecule has 5 nitrogen and oxygen atoms in total. The molecule has 2 N–H and O–H groups in total. The van der Waals surface area contributed by atoms with Gasteiger partial charge in [-0.15, -0.1) is 0 Å². The average Bonchev–Trinajstić information content (AvgIpc) is 3.00. The highest BCUT2D eigenvalue weighted by Crippen LogP contribution is 2.44. The number of hydrogen-bond donors (Lipinski definition) is 2. The van der Waals surface area contributed by atoms with Gasteiger partial charge in [0.15, 0.2) is 11.6 Å². The van der Waals surface area contributed by atoms with Gasteiger partial charge in [0.05, 0.1) is 12.2 Å². The van der Waals surface area contributed by atoms with Crippen LogP contribution in [-0.4, -0.2) is 21.5 Å². The fourth-order valence-corrected chi connectivity index (χ4v) is 3.72. The molecule has 1 aromatic rings. The van der Waals surface area contributed by atoms with Crippen LogP contribution >= 0.6 is 0 Å². The lowest BCUT2D eigenvalue weighted by molar-refractivity contribution is -0.117. The van der Waals surface area contributed by atoms with E-state index in [1.54, 1.807) is 12.5 Å². The first-order valence-electron chi connectivity index (χ1n) is 7.53. The predicted octanol–water partition coefficient (Wildman–Crippen LogP) is 2.11. The van der Waals surface area contributed by atoms with Crippen molar-refractivity contribution >= 4 is 11.6 Å². The number of aromatic nitrogens is 2. The van der Waals surface area contributed by atoms with Crippen molar-refractivity contribution in [2.24, 2.45) is 0 Å². The van der Waals surface area contributed by atoms with Crippen molar-refractivity contribution in [2.45, 2.75) is 44.4 Å². The highest BCUT2D eigenvalue weighted by atomic mass is 16.1. The smallest absolute Gasteiger partial charge is 0.161 e. The summed E-state index contributed by atoms with van der Waals surface area (Å²) in [5, 5.41) is 3.39. The van der Waals surface area contributed by atoms with Gasteiger partial charge in [0.2, 0.25) is 0 Å². The van der Waals surface area contributed by atoms with Gasteiger partial charge in [0.1, 0.15) is 0 Å². The van der Waals surface area contributed by atoms with Crippen LogP contribution in [0.25, 0.3) is 0 Å². The zero-order valence-electron chi connectivity index (χ0n) is 11.7. The van der Waals surface area contributed by atoms with E-state index in [0.29, 0.717) is 12.8 Å². The van der Waals surface area contributed by atoms with Gasteiger partial charge in [-0.1, -0.05) is 0 Å². The quantitative estimate of drug-likeness (QED) is 0.827. The summed E-state index contributed by atoms with van der Waals surface area (Å²) in [6.45, 7) is 0. The van der Waals surface area contributed by atoms with Crippen LogP contribution in [-0.2, 0) is 9.59 Å². The lowest BCUT2D eigenvalue weighted by Gasteiger charge is -2.36. The Labute approximate surface area is 122 Å². The average molecular weight is 283 g/mol. The van der Waals surface area contributed by atoms with E-state index in [9.17, 15) is 9.59 Å². The first-order chi connectivity index (χ1) is 10.3. The lowest BCUT2D eigenvalue weighted by atomic mass is 9.73. The molecule has 2 aliphatic carbocycles. The second-order valence-electron chi connectivity index (χ2n) is 5.90. The number of carbonyl (C=O) groups is 2. The van der Waals surface area contributed by atoms with Crippen LogP contribution < -0.4 is 5.32 Å². The number of nitrogens with one attached hydrogen (secondary N) is 2. The van der Waals surface area contributed by atoms with Crippen LogP contribution in [0, 0.1) is 0 Å². The summed E-state index contributed by atoms with van der Waals surface area (Å²) in [6.07, 6.45) is 8.03. The Bertz CT molecular complexity index is 640. The van der Waals surface area contributed by atoms with Crippen LogP contribution in [0.3, 0.4) is 0 Å². The third-order valence-electron chi connectivity index (χ3n) is 4.62.